The third-order valence-corrected chi connectivity index (χ3v) is 4.93. The Labute approximate surface area is 175 Å². The number of aromatic hydroxyl groups is 1. The average molecular weight is 401 g/mol. The summed E-state index contributed by atoms with van der Waals surface area (Å²) in [6, 6.07) is 18.0. The number of rotatable bonds is 5. The summed E-state index contributed by atoms with van der Waals surface area (Å²) in [6.07, 6.45) is 4.91. The van der Waals surface area contributed by atoms with Gasteiger partial charge < -0.3 is 10.0 Å². The first-order valence-electron chi connectivity index (χ1n) is 10.0. The fraction of sp³-hybridized carbons (Fsp3) is 0.217. The van der Waals surface area contributed by atoms with E-state index in [2.05, 4.69) is 20.4 Å². The van der Waals surface area contributed by atoms with E-state index in [4.69, 9.17) is 4.98 Å². The lowest BCUT2D eigenvalue weighted by molar-refractivity contribution is 0.0950. The van der Waals surface area contributed by atoms with E-state index < -0.39 is 5.91 Å². The Balaban J connectivity index is 1.58. The molecule has 1 aromatic heterocycles. The molecule has 1 fully saturated rings. The number of aromatic nitrogens is 2. The topological polar surface area (TPSA) is 90.7 Å². The number of carbonyl (C=O) groups is 1. The largest absolute Gasteiger partial charge is 0.508 e. The molecule has 0 aliphatic carbocycles. The maximum absolute atomic E-state index is 12.7. The number of carbonyl (C=O) groups excluding carboxylic acids is 1. The van der Waals surface area contributed by atoms with Gasteiger partial charge in [-0.1, -0.05) is 30.3 Å². The Hall–Kier alpha value is -3.74. The van der Waals surface area contributed by atoms with Crippen molar-refractivity contribution in [2.75, 3.05) is 18.0 Å². The van der Waals surface area contributed by atoms with Crippen LogP contribution in [0.25, 0.3) is 11.3 Å². The lowest BCUT2D eigenvalue weighted by Gasteiger charge is -2.27. The van der Waals surface area contributed by atoms with E-state index >= 15 is 0 Å². The number of hydrazone groups is 1. The molecule has 4 rings (SSSR count). The van der Waals surface area contributed by atoms with Crippen LogP contribution in [0.5, 0.6) is 5.75 Å². The molecule has 1 aliphatic rings. The van der Waals surface area contributed by atoms with Crippen LogP contribution in [-0.2, 0) is 0 Å². The average Bonchev–Trinajstić information content (AvgIpc) is 2.81. The monoisotopic (exact) mass is 401 g/mol. The molecule has 1 saturated heterocycles. The Kier molecular flexibility index (Phi) is 5.98. The number of hydrogen-bond donors (Lipinski definition) is 2. The highest BCUT2D eigenvalue weighted by molar-refractivity contribution is 5.94. The van der Waals surface area contributed by atoms with Gasteiger partial charge in [-0.2, -0.15) is 5.10 Å². The quantitative estimate of drug-likeness (QED) is 0.504. The zero-order chi connectivity index (χ0) is 20.8. The van der Waals surface area contributed by atoms with Crippen LogP contribution < -0.4 is 10.3 Å². The molecule has 0 spiro atoms. The molecule has 0 unspecified atom stereocenters. The number of benzene rings is 2. The van der Waals surface area contributed by atoms with Gasteiger partial charge in [-0.15, -0.1) is 0 Å². The van der Waals surface area contributed by atoms with Crippen molar-refractivity contribution in [1.82, 2.24) is 15.4 Å². The van der Waals surface area contributed by atoms with Crippen LogP contribution in [0, 0.1) is 0 Å². The molecule has 7 heteroatoms. The summed E-state index contributed by atoms with van der Waals surface area (Å²) in [5, 5.41) is 13.4. The van der Waals surface area contributed by atoms with Crippen LogP contribution in [0.3, 0.4) is 0 Å². The number of hydrogen-bond acceptors (Lipinski definition) is 6. The van der Waals surface area contributed by atoms with Gasteiger partial charge in [0.1, 0.15) is 11.4 Å². The van der Waals surface area contributed by atoms with Crippen molar-refractivity contribution >= 4 is 18.1 Å². The predicted octanol–water partition coefficient (Wildman–Crippen LogP) is 3.60. The van der Waals surface area contributed by atoms with Gasteiger partial charge in [0.15, 0.2) is 0 Å². The molecule has 7 nitrogen and oxygen atoms in total. The molecule has 152 valence electrons. The number of phenols is 1. The minimum absolute atomic E-state index is 0.177. The lowest BCUT2D eigenvalue weighted by Crippen LogP contribution is -2.32. The van der Waals surface area contributed by atoms with Gasteiger partial charge in [0, 0.05) is 18.7 Å². The molecule has 2 aromatic carbocycles. The van der Waals surface area contributed by atoms with Crippen LogP contribution in [0.15, 0.2) is 65.8 Å². The van der Waals surface area contributed by atoms with Crippen LogP contribution in [-0.4, -0.2) is 40.3 Å². The van der Waals surface area contributed by atoms with E-state index in [0.717, 1.165) is 37.1 Å². The minimum atomic E-state index is -0.400. The van der Waals surface area contributed by atoms with Gasteiger partial charge in [-0.05, 0) is 55.2 Å². The highest BCUT2D eigenvalue weighted by Gasteiger charge is 2.18. The first kappa shape index (κ1) is 19.6. The molecule has 30 heavy (non-hydrogen) atoms. The van der Waals surface area contributed by atoms with Gasteiger partial charge in [-0.25, -0.2) is 15.4 Å². The zero-order valence-corrected chi connectivity index (χ0v) is 16.5. The summed E-state index contributed by atoms with van der Waals surface area (Å²) in [5.74, 6) is 0.349. The van der Waals surface area contributed by atoms with Crippen molar-refractivity contribution in [2.24, 2.45) is 5.10 Å². The van der Waals surface area contributed by atoms with Crippen molar-refractivity contribution in [3.63, 3.8) is 0 Å². The summed E-state index contributed by atoms with van der Waals surface area (Å²) < 4.78 is 0. The smallest absolute Gasteiger partial charge is 0.290 e. The van der Waals surface area contributed by atoms with Crippen LogP contribution in [0.1, 0.15) is 35.3 Å². The van der Waals surface area contributed by atoms with E-state index in [1.807, 2.05) is 30.3 Å². The van der Waals surface area contributed by atoms with Crippen molar-refractivity contribution in [2.45, 2.75) is 19.3 Å². The lowest BCUT2D eigenvalue weighted by atomic mass is 10.1. The van der Waals surface area contributed by atoms with E-state index in [1.54, 1.807) is 30.3 Å². The molecule has 0 radical (unpaired) electrons. The van der Waals surface area contributed by atoms with Crippen LogP contribution >= 0.6 is 0 Å². The number of anilines is 1. The van der Waals surface area contributed by atoms with Crippen LogP contribution in [0.4, 0.5) is 5.95 Å². The molecule has 0 saturated carbocycles. The fourth-order valence-corrected chi connectivity index (χ4v) is 3.33. The van der Waals surface area contributed by atoms with E-state index in [0.29, 0.717) is 11.6 Å². The Morgan fingerprint density at radius 1 is 1.00 bits per heavy atom. The summed E-state index contributed by atoms with van der Waals surface area (Å²) in [6.45, 7) is 1.77. The Morgan fingerprint density at radius 3 is 2.47 bits per heavy atom. The summed E-state index contributed by atoms with van der Waals surface area (Å²) in [5.41, 5.74) is 5.20. The van der Waals surface area contributed by atoms with Crippen molar-refractivity contribution in [1.29, 1.82) is 0 Å². The number of nitrogens with zero attached hydrogens (tertiary/aromatic N) is 4. The Morgan fingerprint density at radius 2 is 1.73 bits per heavy atom. The second-order valence-electron chi connectivity index (χ2n) is 7.14. The minimum Gasteiger partial charge on any atom is -0.508 e. The molecule has 3 aromatic rings. The second-order valence-corrected chi connectivity index (χ2v) is 7.14. The zero-order valence-electron chi connectivity index (χ0n) is 16.5. The first-order valence-corrected chi connectivity index (χ1v) is 10.0. The molecule has 2 heterocycles. The van der Waals surface area contributed by atoms with Gasteiger partial charge in [0.05, 0.1) is 11.9 Å². The van der Waals surface area contributed by atoms with E-state index in [9.17, 15) is 9.90 Å². The SMILES string of the molecule is O=C(N/N=C/c1ccc(O)cc1)c1cc(-c2ccccc2)nc(N2CCCCC2)n1. The third kappa shape index (κ3) is 4.81. The van der Waals surface area contributed by atoms with Gasteiger partial charge >= 0.3 is 0 Å². The fourth-order valence-electron chi connectivity index (χ4n) is 3.33. The second kappa shape index (κ2) is 9.17. The summed E-state index contributed by atoms with van der Waals surface area (Å²) in [7, 11) is 0. The molecule has 1 amide bonds. The molecule has 2 N–H and O–H groups in total. The Bertz CT molecular complexity index is 1030. The van der Waals surface area contributed by atoms with Gasteiger partial charge in [-0.3, -0.25) is 4.79 Å². The molecule has 0 bridgehead atoms. The van der Waals surface area contributed by atoms with E-state index in [-0.39, 0.29) is 11.4 Å². The van der Waals surface area contributed by atoms with E-state index in [1.165, 1.54) is 12.6 Å². The van der Waals surface area contributed by atoms with Crippen LogP contribution in [0.2, 0.25) is 0 Å². The van der Waals surface area contributed by atoms with Crippen molar-refractivity contribution < 1.29 is 9.90 Å². The molecular weight excluding hydrogens is 378 g/mol. The van der Waals surface area contributed by atoms with Crippen molar-refractivity contribution in [3.05, 3.63) is 71.9 Å². The number of piperidine rings is 1. The number of amides is 1. The number of phenolic OH excluding ortho intramolecular Hbond substituents is 1. The van der Waals surface area contributed by atoms with Gasteiger partial charge in [0.25, 0.3) is 5.91 Å². The molecule has 1 aliphatic heterocycles. The highest BCUT2D eigenvalue weighted by atomic mass is 16.3. The number of nitrogens with one attached hydrogen (secondary N) is 1. The van der Waals surface area contributed by atoms with Gasteiger partial charge in [0.2, 0.25) is 5.95 Å². The molecular formula is C23H23N5O2. The first-order chi connectivity index (χ1) is 14.7. The maximum atomic E-state index is 12.7. The third-order valence-electron chi connectivity index (χ3n) is 4.93. The summed E-state index contributed by atoms with van der Waals surface area (Å²) in [4.78, 5) is 24.1. The summed E-state index contributed by atoms with van der Waals surface area (Å²) >= 11 is 0. The standard InChI is InChI=1S/C23H23N5O2/c29-19-11-9-17(10-12-19)16-24-27-22(30)21-15-20(18-7-3-1-4-8-18)25-23(26-21)28-13-5-2-6-14-28/h1,3-4,7-12,15-16,29H,2,5-6,13-14H2,(H,27,30)/b24-16+. The predicted molar refractivity (Wildman–Crippen MR) is 117 cm³/mol. The highest BCUT2D eigenvalue weighted by Crippen LogP contribution is 2.22. The molecule has 0 atom stereocenters. The van der Waals surface area contributed by atoms with Crippen molar-refractivity contribution in [3.8, 4) is 17.0 Å². The normalized spacial score (nSPS) is 14.1. The maximum Gasteiger partial charge on any atom is 0.290 e.